The van der Waals surface area contributed by atoms with Gasteiger partial charge in [-0.3, -0.25) is 9.59 Å². The van der Waals surface area contributed by atoms with E-state index in [0.29, 0.717) is 50.3 Å². The van der Waals surface area contributed by atoms with E-state index in [1.807, 2.05) is 0 Å². The highest BCUT2D eigenvalue weighted by atomic mass is 16.3. The van der Waals surface area contributed by atoms with Crippen molar-refractivity contribution in [2.45, 2.75) is 0 Å². The summed E-state index contributed by atoms with van der Waals surface area (Å²) in [6.45, 7) is 0. The molecule has 7 aromatic rings. The Morgan fingerprint density at radius 2 is 1.06 bits per heavy atom. The summed E-state index contributed by atoms with van der Waals surface area (Å²) in [5.74, 6) is 0.996. The fraction of sp³-hybridized carbons (Fsp3) is 0. The molecule has 0 spiro atoms. The molecule has 0 aliphatic carbocycles. The Morgan fingerprint density at radius 3 is 1.67 bits per heavy atom. The molecule has 0 aliphatic heterocycles. The zero-order valence-electron chi connectivity index (χ0n) is 18.5. The Labute approximate surface area is 201 Å². The minimum atomic E-state index is -0.300. The van der Waals surface area contributed by atoms with Gasteiger partial charge in [0.05, 0.1) is 16.2 Å². The largest absolute Gasteiger partial charge is 0.456 e. The van der Waals surface area contributed by atoms with Gasteiger partial charge in [-0.2, -0.15) is 0 Å². The van der Waals surface area contributed by atoms with Crippen molar-refractivity contribution in [3.05, 3.63) is 106 Å². The van der Waals surface area contributed by atoms with Gasteiger partial charge in [0.15, 0.2) is 17.2 Å². The summed E-state index contributed by atoms with van der Waals surface area (Å²) in [5.41, 5.74) is 2.11. The van der Waals surface area contributed by atoms with E-state index in [1.54, 1.807) is 85.5 Å². The van der Waals surface area contributed by atoms with Crippen molar-refractivity contribution in [3.63, 3.8) is 0 Å². The lowest BCUT2D eigenvalue weighted by Crippen LogP contribution is -2.07. The number of hydrogen-bond acceptors (Lipinski definition) is 8. The molecule has 0 bridgehead atoms. The smallest absolute Gasteiger partial charge is 0.204 e. The molecule has 8 heteroatoms. The lowest BCUT2D eigenvalue weighted by molar-refractivity contribution is 0.649. The molecule has 170 valence electrons. The third-order valence-corrected chi connectivity index (χ3v) is 6.12. The second-order valence-electron chi connectivity index (χ2n) is 8.24. The maximum Gasteiger partial charge on any atom is 0.204 e. The van der Waals surface area contributed by atoms with Crippen LogP contribution in [0, 0.1) is 0 Å². The summed E-state index contributed by atoms with van der Waals surface area (Å²) < 4.78 is 12.2. The highest BCUT2D eigenvalue weighted by molar-refractivity contribution is 6.07. The van der Waals surface area contributed by atoms with Gasteiger partial charge in [0, 0.05) is 35.9 Å². The van der Waals surface area contributed by atoms with Gasteiger partial charge in [-0.05, 0) is 60.7 Å². The Morgan fingerprint density at radius 1 is 0.528 bits per heavy atom. The van der Waals surface area contributed by atoms with Crippen molar-refractivity contribution in [1.82, 2.24) is 19.9 Å². The van der Waals surface area contributed by atoms with Gasteiger partial charge < -0.3 is 8.83 Å². The van der Waals surface area contributed by atoms with Crippen molar-refractivity contribution < 1.29 is 8.83 Å². The molecular weight excluding hydrogens is 456 g/mol. The molecule has 4 heterocycles. The van der Waals surface area contributed by atoms with Gasteiger partial charge in [-0.15, -0.1) is 0 Å². The summed E-state index contributed by atoms with van der Waals surface area (Å²) in [7, 11) is 0. The zero-order chi connectivity index (χ0) is 24.2. The van der Waals surface area contributed by atoms with Crippen LogP contribution in [0.15, 0.2) is 104 Å². The van der Waals surface area contributed by atoms with E-state index < -0.39 is 0 Å². The first-order valence-corrected chi connectivity index (χ1v) is 11.1. The second kappa shape index (κ2) is 7.64. The van der Waals surface area contributed by atoms with Crippen LogP contribution in [-0.4, -0.2) is 19.9 Å². The number of nitrogens with zero attached hydrogens (tertiary/aromatic N) is 4. The fourth-order valence-corrected chi connectivity index (χ4v) is 4.43. The fourth-order valence-electron chi connectivity index (χ4n) is 4.43. The summed E-state index contributed by atoms with van der Waals surface area (Å²) in [4.78, 5) is 44.2. The summed E-state index contributed by atoms with van der Waals surface area (Å²) >= 11 is 0. The summed E-state index contributed by atoms with van der Waals surface area (Å²) in [6.07, 6.45) is 6.55. The molecule has 0 fully saturated rings. The molecule has 0 saturated heterocycles. The van der Waals surface area contributed by atoms with Gasteiger partial charge in [0.1, 0.15) is 22.1 Å². The maximum absolute atomic E-state index is 13.7. The first kappa shape index (κ1) is 20.2. The first-order valence-electron chi connectivity index (χ1n) is 11.1. The maximum atomic E-state index is 13.7. The van der Waals surface area contributed by atoms with Crippen LogP contribution >= 0.6 is 0 Å². The zero-order valence-corrected chi connectivity index (χ0v) is 18.5. The van der Waals surface area contributed by atoms with E-state index in [4.69, 9.17) is 8.83 Å². The van der Waals surface area contributed by atoms with Crippen molar-refractivity contribution >= 4 is 43.9 Å². The Kier molecular flexibility index (Phi) is 4.28. The van der Waals surface area contributed by atoms with Crippen LogP contribution in [0.4, 0.5) is 0 Å². The molecule has 36 heavy (non-hydrogen) atoms. The standard InChI is InChI=1S/C28H14N4O4/c33-24-17-5-8-22-23(25(34)19-14-16(3-6-20(19)35-22)28-31-11-2-12-32-28)26(17)36-21-7-4-15(13-18(21)24)27-29-9-1-10-30-27/h1-14H. The number of rotatable bonds is 2. The molecule has 8 nitrogen and oxygen atoms in total. The van der Waals surface area contributed by atoms with Crippen molar-refractivity contribution in [3.8, 4) is 22.8 Å². The summed E-state index contributed by atoms with van der Waals surface area (Å²) in [5, 5.41) is 1.22. The van der Waals surface area contributed by atoms with E-state index in [9.17, 15) is 9.59 Å². The lowest BCUT2D eigenvalue weighted by Gasteiger charge is -2.07. The summed E-state index contributed by atoms with van der Waals surface area (Å²) in [6, 6.07) is 17.1. The van der Waals surface area contributed by atoms with Gasteiger partial charge in [0.2, 0.25) is 10.9 Å². The third-order valence-electron chi connectivity index (χ3n) is 6.12. The molecule has 0 atom stereocenters. The molecule has 0 radical (unpaired) electrons. The van der Waals surface area contributed by atoms with Crippen LogP contribution in [-0.2, 0) is 0 Å². The van der Waals surface area contributed by atoms with Crippen molar-refractivity contribution in [2.24, 2.45) is 0 Å². The van der Waals surface area contributed by atoms with Crippen LogP contribution in [0.1, 0.15) is 0 Å². The Balaban J connectivity index is 1.52. The van der Waals surface area contributed by atoms with Gasteiger partial charge in [0.25, 0.3) is 0 Å². The number of benzene rings is 3. The molecule has 0 saturated carbocycles. The quantitative estimate of drug-likeness (QED) is 0.253. The van der Waals surface area contributed by atoms with Crippen LogP contribution in [0.2, 0.25) is 0 Å². The number of hydrogen-bond donors (Lipinski definition) is 0. The Bertz CT molecular complexity index is 2090. The molecule has 0 N–H and O–H groups in total. The minimum Gasteiger partial charge on any atom is -0.456 e. The average molecular weight is 470 g/mol. The number of fused-ring (bicyclic) bond motifs is 5. The van der Waals surface area contributed by atoms with Crippen molar-refractivity contribution in [1.29, 1.82) is 0 Å². The molecule has 0 amide bonds. The monoisotopic (exact) mass is 470 g/mol. The lowest BCUT2D eigenvalue weighted by atomic mass is 10.0. The predicted molar refractivity (Wildman–Crippen MR) is 136 cm³/mol. The third kappa shape index (κ3) is 3.01. The molecule has 7 rings (SSSR count). The SMILES string of the molecule is O=c1c2cc(-c3ncccn3)ccc2oc2c1ccc1oc3ccc(-c4ncccn4)cc3c(=O)c12. The van der Waals surface area contributed by atoms with Gasteiger partial charge >= 0.3 is 0 Å². The number of aromatic nitrogens is 4. The molecule has 3 aromatic carbocycles. The van der Waals surface area contributed by atoms with Gasteiger partial charge in [-0.1, -0.05) is 0 Å². The highest BCUT2D eigenvalue weighted by Crippen LogP contribution is 2.30. The van der Waals surface area contributed by atoms with Gasteiger partial charge in [-0.25, -0.2) is 19.9 Å². The van der Waals surface area contributed by atoms with Crippen LogP contribution in [0.5, 0.6) is 0 Å². The van der Waals surface area contributed by atoms with E-state index in [2.05, 4.69) is 19.9 Å². The van der Waals surface area contributed by atoms with E-state index in [0.717, 1.165) is 0 Å². The van der Waals surface area contributed by atoms with E-state index in [-0.39, 0.29) is 27.2 Å². The Hall–Kier alpha value is -5.24. The molecule has 0 aliphatic rings. The van der Waals surface area contributed by atoms with E-state index in [1.165, 1.54) is 0 Å². The first-order chi connectivity index (χ1) is 17.7. The molecule has 0 unspecified atom stereocenters. The normalized spacial score (nSPS) is 11.6. The van der Waals surface area contributed by atoms with E-state index >= 15 is 0 Å². The average Bonchev–Trinajstić information content (AvgIpc) is 2.94. The van der Waals surface area contributed by atoms with Crippen molar-refractivity contribution in [2.75, 3.05) is 0 Å². The molecule has 4 aromatic heterocycles. The molecular formula is C28H14N4O4. The highest BCUT2D eigenvalue weighted by Gasteiger charge is 2.18. The topological polar surface area (TPSA) is 112 Å². The predicted octanol–water partition coefficient (Wildman–Crippen LogP) is 5.12. The minimum absolute atomic E-state index is 0.186. The second-order valence-corrected chi connectivity index (χ2v) is 8.24. The van der Waals surface area contributed by atoms with Crippen LogP contribution < -0.4 is 10.9 Å². The van der Waals surface area contributed by atoms with Crippen LogP contribution in [0.25, 0.3) is 66.7 Å². The van der Waals surface area contributed by atoms with Crippen LogP contribution in [0.3, 0.4) is 0 Å².